The second-order valence-electron chi connectivity index (χ2n) is 9.94. The second-order valence-corrected chi connectivity index (χ2v) is 16.0. The van der Waals surface area contributed by atoms with E-state index in [9.17, 15) is 0 Å². The highest BCUT2D eigenvalue weighted by Crippen LogP contribution is 2.37. The Labute approximate surface area is 191 Å². The third-order valence-corrected chi connectivity index (χ3v) is 8.02. The van der Waals surface area contributed by atoms with Crippen molar-refractivity contribution >= 4 is 36.5 Å². The van der Waals surface area contributed by atoms with E-state index in [0.717, 1.165) is 64.7 Å². The van der Waals surface area contributed by atoms with E-state index < -0.39 is 8.07 Å². The number of rotatable bonds is 7. The maximum Gasteiger partial charge on any atom is 0.148 e. The minimum absolute atomic E-state index is 0.495. The predicted molar refractivity (Wildman–Crippen MR) is 133 cm³/mol. The Morgan fingerprint density at radius 3 is 2.65 bits per heavy atom. The first kappa shape index (κ1) is 22.3. The summed E-state index contributed by atoms with van der Waals surface area (Å²) in [6, 6.07) is 9.18. The molecule has 2 aromatic heterocycles. The molecule has 1 aliphatic heterocycles. The van der Waals surface area contributed by atoms with Crippen LogP contribution in [0, 0.1) is 5.92 Å². The molecule has 3 heterocycles. The zero-order valence-electron chi connectivity index (χ0n) is 19.1. The van der Waals surface area contributed by atoms with Gasteiger partial charge in [0.2, 0.25) is 0 Å². The van der Waals surface area contributed by atoms with Crippen LogP contribution in [0.2, 0.25) is 30.7 Å². The van der Waals surface area contributed by atoms with Crippen LogP contribution in [0.5, 0.6) is 0 Å². The zero-order chi connectivity index (χ0) is 22.0. The molecule has 0 bridgehead atoms. The van der Waals surface area contributed by atoms with E-state index in [1.54, 1.807) is 6.33 Å². The standard InChI is InChI=1S/C24H33ClN4OSi/c1-18-8-10-28(11-9-18)23-22-21(19-6-5-7-20(25)14-19)15-29(24(22)27-16-26-23)17-30-12-13-31(2,3)4/h5-7,14-16,18H,8-13,17H2,1-4H3. The number of hydrogen-bond donors (Lipinski definition) is 0. The summed E-state index contributed by atoms with van der Waals surface area (Å²) in [4.78, 5) is 11.8. The molecule has 7 heteroatoms. The first-order valence-electron chi connectivity index (χ1n) is 11.2. The molecule has 0 saturated carbocycles. The first-order valence-corrected chi connectivity index (χ1v) is 15.3. The summed E-state index contributed by atoms with van der Waals surface area (Å²) in [7, 11) is -1.12. The van der Waals surface area contributed by atoms with Crippen LogP contribution in [0.25, 0.3) is 22.2 Å². The number of fused-ring (bicyclic) bond motifs is 1. The SMILES string of the molecule is CC1CCN(c2ncnc3c2c(-c2cccc(Cl)c2)cn3COCC[Si](C)(C)C)CC1. The van der Waals surface area contributed by atoms with Crippen LogP contribution in [-0.4, -0.2) is 42.3 Å². The predicted octanol–water partition coefficient (Wildman–Crippen LogP) is 6.30. The maximum absolute atomic E-state index is 6.33. The first-order chi connectivity index (χ1) is 14.8. The van der Waals surface area contributed by atoms with Crippen LogP contribution in [0.3, 0.4) is 0 Å². The van der Waals surface area contributed by atoms with Gasteiger partial charge in [-0.3, -0.25) is 0 Å². The van der Waals surface area contributed by atoms with E-state index in [1.807, 2.05) is 18.2 Å². The zero-order valence-corrected chi connectivity index (χ0v) is 20.8. The highest BCUT2D eigenvalue weighted by molar-refractivity contribution is 6.76. The minimum atomic E-state index is -1.12. The number of piperidine rings is 1. The molecule has 0 atom stereocenters. The summed E-state index contributed by atoms with van der Waals surface area (Å²) in [5, 5.41) is 1.82. The van der Waals surface area contributed by atoms with E-state index >= 15 is 0 Å². The molecule has 0 N–H and O–H groups in total. The molecule has 1 fully saturated rings. The molecule has 5 nitrogen and oxygen atoms in total. The lowest BCUT2D eigenvalue weighted by atomic mass is 9.98. The van der Waals surface area contributed by atoms with Gasteiger partial charge in [0.15, 0.2) is 0 Å². The molecule has 4 rings (SSSR count). The van der Waals surface area contributed by atoms with Gasteiger partial charge in [-0.25, -0.2) is 9.97 Å². The highest BCUT2D eigenvalue weighted by atomic mass is 35.5. The number of anilines is 1. The molecule has 3 aromatic rings. The molecule has 1 saturated heterocycles. The van der Waals surface area contributed by atoms with E-state index in [-0.39, 0.29) is 0 Å². The number of aromatic nitrogens is 3. The van der Waals surface area contributed by atoms with Crippen LogP contribution in [0.1, 0.15) is 19.8 Å². The molecular weight excluding hydrogens is 424 g/mol. The van der Waals surface area contributed by atoms with Gasteiger partial charge in [0, 0.05) is 44.6 Å². The molecule has 0 radical (unpaired) electrons. The number of ether oxygens (including phenoxy) is 1. The Hall–Kier alpha value is -1.89. The Morgan fingerprint density at radius 1 is 1.16 bits per heavy atom. The average molecular weight is 457 g/mol. The van der Waals surface area contributed by atoms with Crippen LogP contribution in [0.4, 0.5) is 5.82 Å². The fourth-order valence-electron chi connectivity index (χ4n) is 4.08. The molecule has 1 aliphatic rings. The van der Waals surface area contributed by atoms with Crippen molar-refractivity contribution in [3.05, 3.63) is 41.8 Å². The fourth-order valence-corrected chi connectivity index (χ4v) is 5.03. The topological polar surface area (TPSA) is 43.2 Å². The molecule has 0 spiro atoms. The van der Waals surface area contributed by atoms with Crippen molar-refractivity contribution in [1.82, 2.24) is 14.5 Å². The summed E-state index contributed by atoms with van der Waals surface area (Å²) >= 11 is 6.33. The van der Waals surface area contributed by atoms with Gasteiger partial charge in [0.25, 0.3) is 0 Å². The van der Waals surface area contributed by atoms with E-state index in [0.29, 0.717) is 6.73 Å². The lowest BCUT2D eigenvalue weighted by molar-refractivity contribution is 0.0899. The summed E-state index contributed by atoms with van der Waals surface area (Å²) in [6.45, 7) is 12.8. The van der Waals surface area contributed by atoms with Gasteiger partial charge in [0.1, 0.15) is 24.5 Å². The van der Waals surface area contributed by atoms with Gasteiger partial charge in [-0.05, 0) is 42.5 Å². The van der Waals surface area contributed by atoms with Gasteiger partial charge in [-0.15, -0.1) is 0 Å². The Bertz CT molecular complexity index is 1040. The van der Waals surface area contributed by atoms with Crippen LogP contribution < -0.4 is 4.90 Å². The van der Waals surface area contributed by atoms with Crippen molar-refractivity contribution in [2.24, 2.45) is 5.92 Å². The normalized spacial score (nSPS) is 15.7. The number of halogens is 1. The third kappa shape index (κ3) is 5.30. The summed E-state index contributed by atoms with van der Waals surface area (Å²) in [5.41, 5.74) is 3.12. The molecule has 1 aromatic carbocycles. The molecule has 31 heavy (non-hydrogen) atoms. The second kappa shape index (κ2) is 9.31. The summed E-state index contributed by atoms with van der Waals surface area (Å²) < 4.78 is 8.19. The third-order valence-electron chi connectivity index (χ3n) is 6.08. The van der Waals surface area contributed by atoms with Crippen LogP contribution in [-0.2, 0) is 11.5 Å². The summed E-state index contributed by atoms with van der Waals surface area (Å²) in [6.07, 6.45) is 6.22. The van der Waals surface area contributed by atoms with Crippen molar-refractivity contribution in [3.63, 3.8) is 0 Å². The van der Waals surface area contributed by atoms with Crippen molar-refractivity contribution in [1.29, 1.82) is 0 Å². The van der Waals surface area contributed by atoms with Gasteiger partial charge in [-0.1, -0.05) is 50.3 Å². The molecule has 166 valence electrons. The smallest absolute Gasteiger partial charge is 0.148 e. The highest BCUT2D eigenvalue weighted by Gasteiger charge is 2.23. The number of nitrogens with zero attached hydrogens (tertiary/aromatic N) is 4. The van der Waals surface area contributed by atoms with Gasteiger partial charge in [-0.2, -0.15) is 0 Å². The lowest BCUT2D eigenvalue weighted by Crippen LogP contribution is -2.33. The Kier molecular flexibility index (Phi) is 6.70. The monoisotopic (exact) mass is 456 g/mol. The largest absolute Gasteiger partial charge is 0.361 e. The summed E-state index contributed by atoms with van der Waals surface area (Å²) in [5.74, 6) is 1.79. The molecule has 0 aliphatic carbocycles. The Balaban J connectivity index is 1.73. The number of benzene rings is 1. The quantitative estimate of drug-likeness (QED) is 0.309. The van der Waals surface area contributed by atoms with Gasteiger partial charge in [0.05, 0.1) is 5.39 Å². The van der Waals surface area contributed by atoms with Gasteiger partial charge >= 0.3 is 0 Å². The van der Waals surface area contributed by atoms with Crippen molar-refractivity contribution in [2.75, 3.05) is 24.6 Å². The van der Waals surface area contributed by atoms with E-state index in [2.05, 4.69) is 53.3 Å². The molecular formula is C24H33ClN4OSi. The van der Waals surface area contributed by atoms with E-state index in [4.69, 9.17) is 21.3 Å². The Morgan fingerprint density at radius 2 is 1.94 bits per heavy atom. The molecule has 0 amide bonds. The maximum atomic E-state index is 6.33. The van der Waals surface area contributed by atoms with Crippen molar-refractivity contribution < 1.29 is 4.74 Å². The average Bonchev–Trinajstić information content (AvgIpc) is 3.10. The number of hydrogen-bond acceptors (Lipinski definition) is 4. The fraction of sp³-hybridized carbons (Fsp3) is 0.500. The lowest BCUT2D eigenvalue weighted by Gasteiger charge is -2.31. The minimum Gasteiger partial charge on any atom is -0.361 e. The van der Waals surface area contributed by atoms with Crippen molar-refractivity contribution in [3.8, 4) is 11.1 Å². The molecule has 0 unspecified atom stereocenters. The van der Waals surface area contributed by atoms with Gasteiger partial charge < -0.3 is 14.2 Å². The van der Waals surface area contributed by atoms with Crippen LogP contribution >= 0.6 is 11.6 Å². The van der Waals surface area contributed by atoms with Crippen molar-refractivity contribution in [2.45, 2.75) is 52.2 Å². The van der Waals surface area contributed by atoms with E-state index in [1.165, 1.54) is 12.8 Å². The van der Waals surface area contributed by atoms with Crippen LogP contribution in [0.15, 0.2) is 36.8 Å².